The summed E-state index contributed by atoms with van der Waals surface area (Å²) in [6.07, 6.45) is -0.495. The second kappa shape index (κ2) is 3.46. The predicted molar refractivity (Wildman–Crippen MR) is 56.7 cm³/mol. The highest BCUT2D eigenvalue weighted by atomic mass is 16.6. The molecule has 2 heterocycles. The normalized spacial score (nSPS) is 34.4. The maximum absolute atomic E-state index is 7.54. The molecule has 2 aliphatic heterocycles. The van der Waals surface area contributed by atoms with Crippen LogP contribution in [0.2, 0.25) is 0 Å². The van der Waals surface area contributed by atoms with E-state index in [4.69, 9.17) is 13.6 Å². The van der Waals surface area contributed by atoms with Crippen LogP contribution in [0.15, 0.2) is 29.3 Å². The van der Waals surface area contributed by atoms with Gasteiger partial charge in [-0.1, -0.05) is 12.1 Å². The highest BCUT2D eigenvalue weighted by Gasteiger charge is 2.26. The third-order valence-electron chi connectivity index (χ3n) is 2.28. The van der Waals surface area contributed by atoms with Crippen molar-refractivity contribution in [3.8, 4) is 11.5 Å². The van der Waals surface area contributed by atoms with E-state index in [0.29, 0.717) is 17.3 Å². The molecule has 0 bridgehead atoms. The monoisotopic (exact) mass is 207 g/mol. The molecule has 1 unspecified atom stereocenters. The Kier molecular flexibility index (Phi) is 1.38. The van der Waals surface area contributed by atoms with Gasteiger partial charge in [-0.05, 0) is 12.1 Å². The second-order valence-corrected chi connectivity index (χ2v) is 3.28. The maximum atomic E-state index is 7.54. The Morgan fingerprint density at radius 1 is 1.40 bits per heavy atom. The number of hydrogen-bond donors (Lipinski definition) is 1. The van der Waals surface area contributed by atoms with Crippen LogP contribution in [-0.2, 0) is 0 Å². The van der Waals surface area contributed by atoms with E-state index in [1.54, 1.807) is 6.07 Å². The van der Waals surface area contributed by atoms with Crippen LogP contribution in [0.3, 0.4) is 0 Å². The first-order valence-electron chi connectivity index (χ1n) is 6.30. The van der Waals surface area contributed by atoms with Gasteiger partial charge in [0, 0.05) is 6.50 Å². The Labute approximate surface area is 92.1 Å². The fraction of sp³-hybridized carbons (Fsp3) is 0.364. The number of ether oxygens (including phenoxy) is 2. The zero-order chi connectivity index (χ0) is 12.8. The summed E-state index contributed by atoms with van der Waals surface area (Å²) in [5, 5.41) is 2.57. The van der Waals surface area contributed by atoms with Gasteiger partial charge >= 0.3 is 0 Å². The van der Waals surface area contributed by atoms with Gasteiger partial charge in [-0.15, -0.1) is 0 Å². The number of benzene rings is 1. The molecule has 0 amide bonds. The molecule has 1 aromatic rings. The van der Waals surface area contributed by atoms with Gasteiger partial charge in [0.25, 0.3) is 0 Å². The van der Waals surface area contributed by atoms with Crippen molar-refractivity contribution in [2.75, 3.05) is 19.6 Å². The quantitative estimate of drug-likeness (QED) is 0.741. The van der Waals surface area contributed by atoms with Crippen molar-refractivity contribution in [2.45, 2.75) is 6.10 Å². The standard InChI is InChI=1S/C11H12N2O2/c1-2-4-9-8(3-1)14-7-10(15-9)11-12-5-6-13-11/h1-4,10H,5-7H2,(H,12,13)/i5D,6D2/t5-,10?/m0/s1. The summed E-state index contributed by atoms with van der Waals surface area (Å²) in [5.74, 6) is 1.60. The number of aliphatic imine (C=N–C) groups is 1. The van der Waals surface area contributed by atoms with Crippen LogP contribution in [0, 0.1) is 0 Å². The predicted octanol–water partition coefficient (Wildman–Crippen LogP) is 0.828. The Morgan fingerprint density at radius 2 is 2.27 bits per heavy atom. The fourth-order valence-electron chi connectivity index (χ4n) is 1.56. The summed E-state index contributed by atoms with van der Waals surface area (Å²) >= 11 is 0. The molecule has 0 saturated carbocycles. The third-order valence-corrected chi connectivity index (χ3v) is 2.28. The SMILES string of the molecule is [2H][C@@H]1N=C(C2COc3ccccc3O2)NC1([2H])[2H]. The molecule has 0 fully saturated rings. The van der Waals surface area contributed by atoms with Crippen molar-refractivity contribution in [1.29, 1.82) is 0 Å². The third kappa shape index (κ3) is 1.52. The van der Waals surface area contributed by atoms with Crippen molar-refractivity contribution < 1.29 is 13.6 Å². The van der Waals surface area contributed by atoms with Crippen LogP contribution in [0.25, 0.3) is 0 Å². The van der Waals surface area contributed by atoms with Crippen molar-refractivity contribution in [1.82, 2.24) is 5.32 Å². The Bertz CT molecular complexity index is 507. The van der Waals surface area contributed by atoms with E-state index < -0.39 is 19.1 Å². The first-order valence-corrected chi connectivity index (χ1v) is 4.73. The number of para-hydroxylation sites is 2. The average molecular weight is 207 g/mol. The van der Waals surface area contributed by atoms with E-state index in [-0.39, 0.29) is 6.61 Å². The molecule has 0 spiro atoms. The lowest BCUT2D eigenvalue weighted by Gasteiger charge is -2.26. The van der Waals surface area contributed by atoms with E-state index in [2.05, 4.69) is 10.3 Å². The first-order chi connectivity index (χ1) is 8.56. The summed E-state index contributed by atoms with van der Waals surface area (Å²) in [6, 6.07) is 7.28. The second-order valence-electron chi connectivity index (χ2n) is 3.28. The Morgan fingerprint density at radius 3 is 3.07 bits per heavy atom. The molecular weight excluding hydrogens is 192 g/mol. The zero-order valence-corrected chi connectivity index (χ0v) is 7.93. The molecule has 0 radical (unpaired) electrons. The lowest BCUT2D eigenvalue weighted by atomic mass is 10.2. The lowest BCUT2D eigenvalue weighted by molar-refractivity contribution is 0.133. The summed E-state index contributed by atoms with van der Waals surface area (Å²) in [6.45, 7) is -2.77. The van der Waals surface area contributed by atoms with E-state index in [9.17, 15) is 0 Å². The van der Waals surface area contributed by atoms with E-state index in [1.807, 2.05) is 18.2 Å². The van der Waals surface area contributed by atoms with Crippen LogP contribution >= 0.6 is 0 Å². The molecule has 0 aliphatic carbocycles. The number of amidine groups is 1. The average Bonchev–Trinajstić information content (AvgIpc) is 2.63. The highest BCUT2D eigenvalue weighted by Crippen LogP contribution is 2.31. The van der Waals surface area contributed by atoms with Crippen molar-refractivity contribution in [3.63, 3.8) is 0 Å². The zero-order valence-electron chi connectivity index (χ0n) is 10.9. The summed E-state index contributed by atoms with van der Waals surface area (Å²) in [4.78, 5) is 3.93. The van der Waals surface area contributed by atoms with Crippen LogP contribution in [0.4, 0.5) is 0 Å². The number of hydrogen-bond acceptors (Lipinski definition) is 4. The molecule has 2 atom stereocenters. The van der Waals surface area contributed by atoms with Gasteiger partial charge in [0.05, 0.1) is 10.6 Å². The minimum absolute atomic E-state index is 0.256. The molecule has 1 N–H and O–H groups in total. The molecule has 78 valence electrons. The molecule has 2 aliphatic rings. The van der Waals surface area contributed by atoms with Gasteiger partial charge in [-0.3, -0.25) is 4.99 Å². The van der Waals surface area contributed by atoms with Crippen LogP contribution in [0.1, 0.15) is 4.11 Å². The molecule has 0 aromatic heterocycles. The van der Waals surface area contributed by atoms with Gasteiger partial charge in [0.2, 0.25) is 0 Å². The van der Waals surface area contributed by atoms with Gasteiger partial charge in [-0.25, -0.2) is 0 Å². The largest absolute Gasteiger partial charge is 0.485 e. The molecule has 3 rings (SSSR count). The Balaban J connectivity index is 1.80. The molecule has 4 heteroatoms. The van der Waals surface area contributed by atoms with E-state index in [0.717, 1.165) is 0 Å². The molecule has 15 heavy (non-hydrogen) atoms. The van der Waals surface area contributed by atoms with Gasteiger partial charge in [0.15, 0.2) is 17.6 Å². The van der Waals surface area contributed by atoms with Gasteiger partial charge in [-0.2, -0.15) is 0 Å². The van der Waals surface area contributed by atoms with Gasteiger partial charge in [0.1, 0.15) is 12.4 Å². The minimum Gasteiger partial charge on any atom is -0.485 e. The minimum atomic E-state index is -1.85. The summed E-state index contributed by atoms with van der Waals surface area (Å²) in [5.41, 5.74) is 0. The number of rotatable bonds is 1. The van der Waals surface area contributed by atoms with Crippen molar-refractivity contribution in [3.05, 3.63) is 24.3 Å². The summed E-state index contributed by atoms with van der Waals surface area (Å²) in [7, 11) is 0. The van der Waals surface area contributed by atoms with E-state index >= 15 is 0 Å². The summed E-state index contributed by atoms with van der Waals surface area (Å²) < 4.78 is 33.8. The lowest BCUT2D eigenvalue weighted by Crippen LogP contribution is -2.42. The molecule has 0 saturated heterocycles. The van der Waals surface area contributed by atoms with E-state index in [1.165, 1.54) is 0 Å². The fourth-order valence-corrected chi connectivity index (χ4v) is 1.56. The van der Waals surface area contributed by atoms with Crippen LogP contribution < -0.4 is 14.8 Å². The van der Waals surface area contributed by atoms with Crippen LogP contribution in [-0.4, -0.2) is 31.6 Å². The highest BCUT2D eigenvalue weighted by molar-refractivity contribution is 5.88. The van der Waals surface area contributed by atoms with Crippen molar-refractivity contribution in [2.24, 2.45) is 4.99 Å². The number of fused-ring (bicyclic) bond motifs is 1. The van der Waals surface area contributed by atoms with Crippen LogP contribution in [0.5, 0.6) is 11.5 Å². The molecule has 4 nitrogen and oxygen atoms in total. The van der Waals surface area contributed by atoms with Gasteiger partial charge < -0.3 is 14.8 Å². The Hall–Kier alpha value is -1.71. The first kappa shape index (κ1) is 6.00. The smallest absolute Gasteiger partial charge is 0.189 e. The topological polar surface area (TPSA) is 42.9 Å². The number of nitrogens with one attached hydrogen (secondary N) is 1. The maximum Gasteiger partial charge on any atom is 0.189 e. The number of nitrogens with zero attached hydrogens (tertiary/aromatic N) is 1. The molecule has 1 aromatic carbocycles. The van der Waals surface area contributed by atoms with Crippen molar-refractivity contribution >= 4 is 5.84 Å². The molecular formula is C11H12N2O2.